The van der Waals surface area contributed by atoms with Gasteiger partial charge in [0.05, 0.1) is 20.8 Å². The van der Waals surface area contributed by atoms with Crippen molar-refractivity contribution in [2.24, 2.45) is 0 Å². The first kappa shape index (κ1) is 17.2. The van der Waals surface area contributed by atoms with Gasteiger partial charge in [-0.15, -0.1) is 0 Å². The Morgan fingerprint density at radius 2 is 2.04 bits per heavy atom. The molecular formula is C19H23N3O3. The van der Waals surface area contributed by atoms with Crippen molar-refractivity contribution in [2.45, 2.75) is 18.9 Å². The Labute approximate surface area is 147 Å². The number of nitrogens with zero attached hydrogens (tertiary/aromatic N) is 2. The van der Waals surface area contributed by atoms with Crippen LogP contribution in [-0.4, -0.2) is 43.1 Å². The third-order valence-corrected chi connectivity index (χ3v) is 4.47. The second kappa shape index (κ2) is 7.98. The van der Waals surface area contributed by atoms with Crippen molar-refractivity contribution >= 4 is 11.6 Å². The number of benzene rings is 1. The SMILES string of the molecule is COc1ccc(OC)c([C@H]2CCCN2CC(=O)Nc2ccncc2)c1. The minimum absolute atomic E-state index is 0.0278. The van der Waals surface area contributed by atoms with Gasteiger partial charge in [-0.25, -0.2) is 0 Å². The second-order valence-corrected chi connectivity index (χ2v) is 6.02. The molecular weight excluding hydrogens is 318 g/mol. The van der Waals surface area contributed by atoms with Crippen molar-refractivity contribution in [2.75, 3.05) is 32.6 Å². The topological polar surface area (TPSA) is 63.7 Å². The number of methoxy groups -OCH3 is 2. The summed E-state index contributed by atoms with van der Waals surface area (Å²) in [5.41, 5.74) is 1.82. The molecule has 0 unspecified atom stereocenters. The van der Waals surface area contributed by atoms with Gasteiger partial charge in [0, 0.05) is 29.7 Å². The first-order valence-electron chi connectivity index (χ1n) is 8.37. The number of hydrogen-bond donors (Lipinski definition) is 1. The number of likely N-dealkylation sites (tertiary alicyclic amines) is 1. The fraction of sp³-hybridized carbons (Fsp3) is 0.368. The minimum atomic E-state index is -0.0278. The van der Waals surface area contributed by atoms with E-state index in [-0.39, 0.29) is 11.9 Å². The Balaban J connectivity index is 1.73. The smallest absolute Gasteiger partial charge is 0.238 e. The van der Waals surface area contributed by atoms with Gasteiger partial charge in [0.1, 0.15) is 11.5 Å². The molecule has 1 atom stereocenters. The van der Waals surface area contributed by atoms with Gasteiger partial charge in [0.15, 0.2) is 0 Å². The van der Waals surface area contributed by atoms with Crippen LogP contribution in [-0.2, 0) is 4.79 Å². The monoisotopic (exact) mass is 341 g/mol. The summed E-state index contributed by atoms with van der Waals surface area (Å²) in [6.07, 6.45) is 5.37. The zero-order valence-corrected chi connectivity index (χ0v) is 14.6. The summed E-state index contributed by atoms with van der Waals surface area (Å²) in [5.74, 6) is 1.59. The average molecular weight is 341 g/mol. The number of amides is 1. The van der Waals surface area contributed by atoms with Crippen molar-refractivity contribution < 1.29 is 14.3 Å². The first-order valence-corrected chi connectivity index (χ1v) is 8.37. The Kier molecular flexibility index (Phi) is 5.50. The first-order chi connectivity index (χ1) is 12.2. The van der Waals surface area contributed by atoms with Gasteiger partial charge in [-0.2, -0.15) is 0 Å². The number of ether oxygens (including phenoxy) is 2. The maximum atomic E-state index is 12.4. The van der Waals surface area contributed by atoms with E-state index in [0.717, 1.165) is 42.1 Å². The molecule has 1 N–H and O–H groups in total. The standard InChI is InChI=1S/C19H23N3O3/c1-24-15-5-6-18(25-2)16(12-15)17-4-3-11-22(17)13-19(23)21-14-7-9-20-10-8-14/h5-10,12,17H,3-4,11,13H2,1-2H3,(H,20,21,23)/t17-/m1/s1. The Morgan fingerprint density at radius 3 is 2.76 bits per heavy atom. The molecule has 2 heterocycles. The van der Waals surface area contributed by atoms with Gasteiger partial charge < -0.3 is 14.8 Å². The van der Waals surface area contributed by atoms with E-state index in [4.69, 9.17) is 9.47 Å². The molecule has 0 aliphatic carbocycles. The summed E-state index contributed by atoms with van der Waals surface area (Å²) in [6.45, 7) is 1.22. The number of hydrogen-bond acceptors (Lipinski definition) is 5. The molecule has 1 fully saturated rings. The lowest BCUT2D eigenvalue weighted by Crippen LogP contribution is -2.33. The van der Waals surface area contributed by atoms with Gasteiger partial charge >= 0.3 is 0 Å². The second-order valence-electron chi connectivity index (χ2n) is 6.02. The molecule has 1 aromatic carbocycles. The van der Waals surface area contributed by atoms with Gasteiger partial charge in [-0.1, -0.05) is 0 Å². The van der Waals surface area contributed by atoms with Crippen LogP contribution in [0.4, 0.5) is 5.69 Å². The Morgan fingerprint density at radius 1 is 1.24 bits per heavy atom. The molecule has 0 radical (unpaired) electrons. The molecule has 25 heavy (non-hydrogen) atoms. The summed E-state index contributed by atoms with van der Waals surface area (Å²) < 4.78 is 10.9. The van der Waals surface area contributed by atoms with Crippen LogP contribution in [0.15, 0.2) is 42.7 Å². The number of carbonyl (C=O) groups excluding carboxylic acids is 1. The molecule has 1 amide bonds. The average Bonchev–Trinajstić information content (AvgIpc) is 3.09. The number of nitrogens with one attached hydrogen (secondary N) is 1. The van der Waals surface area contributed by atoms with Crippen LogP contribution in [0.3, 0.4) is 0 Å². The summed E-state index contributed by atoms with van der Waals surface area (Å²) in [6, 6.07) is 9.52. The fourth-order valence-electron chi connectivity index (χ4n) is 3.29. The van der Waals surface area contributed by atoms with E-state index in [9.17, 15) is 4.79 Å². The summed E-state index contributed by atoms with van der Waals surface area (Å²) in [7, 11) is 3.32. The molecule has 3 rings (SSSR count). The minimum Gasteiger partial charge on any atom is -0.497 e. The fourth-order valence-corrected chi connectivity index (χ4v) is 3.29. The number of aromatic nitrogens is 1. The van der Waals surface area contributed by atoms with Crippen LogP contribution in [0.25, 0.3) is 0 Å². The van der Waals surface area contributed by atoms with E-state index >= 15 is 0 Å². The Hall–Kier alpha value is -2.60. The molecule has 1 saturated heterocycles. The van der Waals surface area contributed by atoms with Gasteiger partial charge in [-0.05, 0) is 49.7 Å². The molecule has 0 spiro atoms. The van der Waals surface area contributed by atoms with Crippen LogP contribution in [0.2, 0.25) is 0 Å². The number of rotatable bonds is 6. The lowest BCUT2D eigenvalue weighted by Gasteiger charge is -2.26. The largest absolute Gasteiger partial charge is 0.497 e. The third kappa shape index (κ3) is 4.09. The molecule has 6 heteroatoms. The predicted octanol–water partition coefficient (Wildman–Crippen LogP) is 2.87. The van der Waals surface area contributed by atoms with E-state index in [1.54, 1.807) is 38.7 Å². The number of carbonyl (C=O) groups is 1. The van der Waals surface area contributed by atoms with Crippen LogP contribution in [0, 0.1) is 0 Å². The molecule has 0 bridgehead atoms. The van der Waals surface area contributed by atoms with E-state index < -0.39 is 0 Å². The van der Waals surface area contributed by atoms with Crippen molar-refractivity contribution in [3.63, 3.8) is 0 Å². The predicted molar refractivity (Wildman–Crippen MR) is 96.0 cm³/mol. The van der Waals surface area contributed by atoms with Gasteiger partial charge in [0.2, 0.25) is 5.91 Å². The lowest BCUT2D eigenvalue weighted by molar-refractivity contribution is -0.117. The molecule has 1 aliphatic rings. The maximum Gasteiger partial charge on any atom is 0.238 e. The summed E-state index contributed by atoms with van der Waals surface area (Å²) in [5, 5.41) is 2.92. The normalized spacial score (nSPS) is 17.3. The van der Waals surface area contributed by atoms with Crippen molar-refractivity contribution in [1.29, 1.82) is 0 Å². The highest BCUT2D eigenvalue weighted by Gasteiger charge is 2.30. The molecule has 132 valence electrons. The van der Waals surface area contributed by atoms with Crippen LogP contribution < -0.4 is 14.8 Å². The molecule has 1 aliphatic heterocycles. The zero-order chi connectivity index (χ0) is 17.6. The van der Waals surface area contributed by atoms with Crippen molar-refractivity contribution in [3.05, 3.63) is 48.3 Å². The highest BCUT2D eigenvalue weighted by molar-refractivity contribution is 5.92. The van der Waals surface area contributed by atoms with E-state index in [0.29, 0.717) is 6.54 Å². The van der Waals surface area contributed by atoms with Gasteiger partial charge in [-0.3, -0.25) is 14.7 Å². The van der Waals surface area contributed by atoms with Crippen molar-refractivity contribution in [1.82, 2.24) is 9.88 Å². The van der Waals surface area contributed by atoms with Crippen molar-refractivity contribution in [3.8, 4) is 11.5 Å². The quantitative estimate of drug-likeness (QED) is 0.875. The van der Waals surface area contributed by atoms with E-state index in [1.165, 1.54) is 0 Å². The molecule has 2 aromatic rings. The van der Waals surface area contributed by atoms with Crippen LogP contribution in [0.5, 0.6) is 11.5 Å². The summed E-state index contributed by atoms with van der Waals surface area (Å²) in [4.78, 5) is 18.5. The van der Waals surface area contributed by atoms with E-state index in [1.807, 2.05) is 18.2 Å². The lowest BCUT2D eigenvalue weighted by atomic mass is 10.0. The van der Waals surface area contributed by atoms with Crippen LogP contribution >= 0.6 is 0 Å². The third-order valence-electron chi connectivity index (χ3n) is 4.47. The molecule has 1 aromatic heterocycles. The Bertz CT molecular complexity index is 721. The highest BCUT2D eigenvalue weighted by Crippen LogP contribution is 2.38. The maximum absolute atomic E-state index is 12.4. The number of anilines is 1. The highest BCUT2D eigenvalue weighted by atomic mass is 16.5. The molecule has 0 saturated carbocycles. The summed E-state index contributed by atoms with van der Waals surface area (Å²) >= 11 is 0. The zero-order valence-electron chi connectivity index (χ0n) is 14.6. The number of pyridine rings is 1. The molecule has 6 nitrogen and oxygen atoms in total. The van der Waals surface area contributed by atoms with E-state index in [2.05, 4.69) is 15.2 Å². The van der Waals surface area contributed by atoms with Crippen LogP contribution in [0.1, 0.15) is 24.4 Å². The van der Waals surface area contributed by atoms with Gasteiger partial charge in [0.25, 0.3) is 0 Å².